The lowest BCUT2D eigenvalue weighted by molar-refractivity contribution is -0.908. The van der Waals surface area contributed by atoms with Crippen LogP contribution in [0, 0.1) is 0 Å². The Bertz CT molecular complexity index is 479. The van der Waals surface area contributed by atoms with Crippen LogP contribution in [0.5, 0.6) is 0 Å². The Morgan fingerprint density at radius 3 is 2.96 bits per heavy atom. The number of amides is 1. The van der Waals surface area contributed by atoms with Crippen LogP contribution in [-0.4, -0.2) is 67.3 Å². The van der Waals surface area contributed by atoms with Gasteiger partial charge >= 0.3 is 0 Å². The van der Waals surface area contributed by atoms with Gasteiger partial charge in [0.2, 0.25) is 11.0 Å². The summed E-state index contributed by atoms with van der Waals surface area (Å²) in [5.41, 5.74) is 0. The van der Waals surface area contributed by atoms with Gasteiger partial charge in [0.05, 0.1) is 25.0 Å². The molecule has 3 N–H and O–H groups in total. The topological polar surface area (TPSA) is 80.6 Å². The van der Waals surface area contributed by atoms with Crippen LogP contribution in [0.15, 0.2) is 4.34 Å². The zero-order valence-electron chi connectivity index (χ0n) is 13.8. The van der Waals surface area contributed by atoms with Crippen LogP contribution in [0.4, 0.5) is 5.13 Å². The molecule has 1 fully saturated rings. The van der Waals surface area contributed by atoms with Crippen LogP contribution in [0.3, 0.4) is 0 Å². The number of quaternary nitrogens is 1. The number of anilines is 1. The maximum absolute atomic E-state index is 11.7. The molecular formula is C14H26N5O2S2+. The van der Waals surface area contributed by atoms with Gasteiger partial charge in [0.25, 0.3) is 0 Å². The Hall–Kier alpha value is -0.900. The molecule has 2 heterocycles. The molecule has 1 atom stereocenters. The van der Waals surface area contributed by atoms with E-state index in [2.05, 4.69) is 20.8 Å². The maximum atomic E-state index is 11.7. The zero-order chi connectivity index (χ0) is 16.5. The Kier molecular flexibility index (Phi) is 8.07. The average Bonchev–Trinajstić information content (AvgIpc) is 3.00. The molecule has 1 aliphatic rings. The lowest BCUT2D eigenvalue weighted by atomic mass is 10.3. The molecule has 1 aromatic rings. The average molecular weight is 361 g/mol. The molecule has 0 aromatic carbocycles. The SMILES string of the molecule is CCNC(=O)[C@@H](C)Sc1nnc(NCCC[NH+]2CCOCC2)s1. The number of aromatic nitrogens is 2. The number of rotatable bonds is 9. The smallest absolute Gasteiger partial charge is 0.233 e. The predicted molar refractivity (Wildman–Crippen MR) is 93.4 cm³/mol. The third kappa shape index (κ3) is 6.62. The quantitative estimate of drug-likeness (QED) is 0.421. The molecule has 1 saturated heterocycles. The maximum Gasteiger partial charge on any atom is 0.233 e. The lowest BCUT2D eigenvalue weighted by Gasteiger charge is -2.23. The molecule has 0 unspecified atom stereocenters. The van der Waals surface area contributed by atoms with Crippen LogP contribution in [0.2, 0.25) is 0 Å². The molecule has 9 heteroatoms. The minimum atomic E-state index is -0.152. The first-order valence-corrected chi connectivity index (χ1v) is 9.81. The molecule has 1 aliphatic heterocycles. The standard InChI is InChI=1S/C14H25N5O2S2/c1-3-15-12(20)11(2)22-14-18-17-13(23-14)16-5-4-6-19-7-9-21-10-8-19/h11H,3-10H2,1-2H3,(H,15,20)(H,16,17)/p+1/t11-/m1/s1. The Morgan fingerprint density at radius 1 is 1.43 bits per heavy atom. The molecule has 23 heavy (non-hydrogen) atoms. The van der Waals surface area contributed by atoms with Crippen LogP contribution in [0.25, 0.3) is 0 Å². The monoisotopic (exact) mass is 360 g/mol. The van der Waals surface area contributed by atoms with Crippen molar-refractivity contribution in [2.45, 2.75) is 29.9 Å². The van der Waals surface area contributed by atoms with E-state index in [-0.39, 0.29) is 11.2 Å². The van der Waals surface area contributed by atoms with E-state index in [1.807, 2.05) is 13.8 Å². The molecule has 7 nitrogen and oxygen atoms in total. The van der Waals surface area contributed by atoms with Crippen molar-refractivity contribution in [1.82, 2.24) is 15.5 Å². The Labute approximate surface area is 145 Å². The van der Waals surface area contributed by atoms with Gasteiger partial charge in [-0.3, -0.25) is 4.79 Å². The van der Waals surface area contributed by atoms with Crippen molar-refractivity contribution in [3.8, 4) is 0 Å². The molecular weight excluding hydrogens is 334 g/mol. The van der Waals surface area contributed by atoms with Gasteiger partial charge in [-0.05, 0) is 13.8 Å². The first-order valence-electron chi connectivity index (χ1n) is 8.12. The minimum absolute atomic E-state index is 0.0377. The molecule has 1 amide bonds. The predicted octanol–water partition coefficient (Wildman–Crippen LogP) is -0.128. The summed E-state index contributed by atoms with van der Waals surface area (Å²) in [6.07, 6.45) is 1.10. The Morgan fingerprint density at radius 2 is 2.22 bits per heavy atom. The van der Waals surface area contributed by atoms with Gasteiger partial charge in [-0.1, -0.05) is 23.1 Å². The highest BCUT2D eigenvalue weighted by Gasteiger charge is 2.16. The fraction of sp³-hybridized carbons (Fsp3) is 0.786. The molecule has 2 rings (SSSR count). The first-order chi connectivity index (χ1) is 11.2. The summed E-state index contributed by atoms with van der Waals surface area (Å²) in [7, 11) is 0. The van der Waals surface area contributed by atoms with Crippen LogP contribution in [0.1, 0.15) is 20.3 Å². The fourth-order valence-electron chi connectivity index (χ4n) is 2.30. The normalized spacial score (nSPS) is 17.0. The van der Waals surface area contributed by atoms with E-state index >= 15 is 0 Å². The van der Waals surface area contributed by atoms with Crippen molar-refractivity contribution in [1.29, 1.82) is 0 Å². The summed E-state index contributed by atoms with van der Waals surface area (Å²) in [6.45, 7) is 10.5. The molecule has 0 spiro atoms. The summed E-state index contributed by atoms with van der Waals surface area (Å²) >= 11 is 2.95. The second-order valence-electron chi connectivity index (χ2n) is 5.42. The van der Waals surface area contributed by atoms with Gasteiger partial charge in [-0.2, -0.15) is 0 Å². The van der Waals surface area contributed by atoms with Crippen molar-refractivity contribution in [3.63, 3.8) is 0 Å². The summed E-state index contributed by atoms with van der Waals surface area (Å²) in [4.78, 5) is 13.3. The van der Waals surface area contributed by atoms with E-state index in [0.717, 1.165) is 55.3 Å². The number of carbonyl (C=O) groups excluding carboxylic acids is 1. The molecule has 0 bridgehead atoms. The number of hydrogen-bond acceptors (Lipinski definition) is 7. The van der Waals surface area contributed by atoms with Crippen LogP contribution >= 0.6 is 23.1 Å². The first kappa shape index (κ1) is 18.4. The lowest BCUT2D eigenvalue weighted by Crippen LogP contribution is -3.14. The number of hydrogen-bond donors (Lipinski definition) is 3. The molecule has 0 radical (unpaired) electrons. The highest BCUT2D eigenvalue weighted by Crippen LogP contribution is 2.28. The van der Waals surface area contributed by atoms with Crippen molar-refractivity contribution in [2.24, 2.45) is 0 Å². The molecule has 130 valence electrons. The molecule has 0 aliphatic carbocycles. The number of morpholine rings is 1. The van der Waals surface area contributed by atoms with Gasteiger partial charge < -0.3 is 20.3 Å². The van der Waals surface area contributed by atoms with E-state index in [0.29, 0.717) is 6.54 Å². The highest BCUT2D eigenvalue weighted by molar-refractivity contribution is 8.02. The number of nitrogens with zero attached hydrogens (tertiary/aromatic N) is 2. The summed E-state index contributed by atoms with van der Waals surface area (Å²) in [5.74, 6) is 0.0377. The van der Waals surface area contributed by atoms with Gasteiger partial charge in [0, 0.05) is 19.5 Å². The number of nitrogens with one attached hydrogen (secondary N) is 3. The Balaban J connectivity index is 1.65. The van der Waals surface area contributed by atoms with E-state index in [1.165, 1.54) is 23.1 Å². The van der Waals surface area contributed by atoms with Gasteiger partial charge in [-0.25, -0.2) is 0 Å². The van der Waals surface area contributed by atoms with Gasteiger partial charge in [0.1, 0.15) is 13.1 Å². The summed E-state index contributed by atoms with van der Waals surface area (Å²) in [5, 5.41) is 15.1. The largest absolute Gasteiger partial charge is 0.370 e. The number of thioether (sulfide) groups is 1. The van der Waals surface area contributed by atoms with Crippen molar-refractivity contribution >= 4 is 34.1 Å². The van der Waals surface area contributed by atoms with Gasteiger partial charge in [-0.15, -0.1) is 10.2 Å². The van der Waals surface area contributed by atoms with Gasteiger partial charge in [0.15, 0.2) is 4.34 Å². The van der Waals surface area contributed by atoms with Crippen molar-refractivity contribution in [3.05, 3.63) is 0 Å². The van der Waals surface area contributed by atoms with Crippen molar-refractivity contribution < 1.29 is 14.4 Å². The van der Waals surface area contributed by atoms with E-state index in [9.17, 15) is 4.79 Å². The van der Waals surface area contributed by atoms with Crippen LogP contribution in [-0.2, 0) is 9.53 Å². The molecule has 0 saturated carbocycles. The third-order valence-corrected chi connectivity index (χ3v) is 5.65. The number of ether oxygens (including phenoxy) is 1. The van der Waals surface area contributed by atoms with E-state index in [1.54, 1.807) is 4.90 Å². The molecule has 1 aromatic heterocycles. The van der Waals surface area contributed by atoms with E-state index in [4.69, 9.17) is 4.74 Å². The third-order valence-electron chi connectivity index (χ3n) is 3.59. The minimum Gasteiger partial charge on any atom is -0.370 e. The summed E-state index contributed by atoms with van der Waals surface area (Å²) in [6, 6.07) is 0. The fourth-order valence-corrected chi connectivity index (χ4v) is 4.24. The second kappa shape index (κ2) is 10.1. The highest BCUT2D eigenvalue weighted by atomic mass is 32.2. The van der Waals surface area contributed by atoms with E-state index < -0.39 is 0 Å². The van der Waals surface area contributed by atoms with Crippen LogP contribution < -0.4 is 15.5 Å². The van der Waals surface area contributed by atoms with Crippen molar-refractivity contribution in [2.75, 3.05) is 51.3 Å². The summed E-state index contributed by atoms with van der Waals surface area (Å²) < 4.78 is 6.18. The second-order valence-corrected chi connectivity index (χ2v) is 7.99. The zero-order valence-corrected chi connectivity index (χ0v) is 15.4. The number of carbonyl (C=O) groups is 1.